The first-order chi connectivity index (χ1) is 17.3. The monoisotopic (exact) mass is 555 g/mol. The molecule has 0 saturated heterocycles. The Hall–Kier alpha value is -3.46. The van der Waals surface area contributed by atoms with Crippen molar-refractivity contribution >= 4 is 33.5 Å². The second-order valence-corrected chi connectivity index (χ2v) is 9.44. The molecular weight excluding hydrogens is 529 g/mol. The van der Waals surface area contributed by atoms with Gasteiger partial charge in [0.2, 0.25) is 0 Å². The van der Waals surface area contributed by atoms with E-state index in [4.69, 9.17) is 20.2 Å². The van der Waals surface area contributed by atoms with E-state index >= 15 is 0 Å². The SMILES string of the molecule is COC(=O)c1c(-c2ccc(CNC(=O)c3cc(F)ccc3OC)cc2)nc(C2CCCC2)c(Br)c1N. The minimum atomic E-state index is -0.561. The Morgan fingerprint density at radius 3 is 2.47 bits per heavy atom. The molecule has 3 aromatic rings. The number of hydrogen-bond donors (Lipinski definition) is 2. The van der Waals surface area contributed by atoms with Crippen LogP contribution in [-0.2, 0) is 11.3 Å². The van der Waals surface area contributed by atoms with Crippen molar-refractivity contribution < 1.29 is 23.5 Å². The Morgan fingerprint density at radius 2 is 1.83 bits per heavy atom. The summed E-state index contributed by atoms with van der Waals surface area (Å²) in [5.74, 6) is -0.969. The van der Waals surface area contributed by atoms with Gasteiger partial charge in [0.05, 0.1) is 41.3 Å². The standard InChI is InChI=1S/C27H27BrFN3O4/c1-35-20-12-11-18(29)13-19(20)26(33)31-14-15-7-9-17(10-8-15)24-21(27(34)36-2)23(30)22(28)25(32-24)16-5-3-4-6-16/h7-13,16H,3-6,14H2,1-2H3,(H2,30,32)(H,31,33). The zero-order valence-electron chi connectivity index (χ0n) is 20.1. The summed E-state index contributed by atoms with van der Waals surface area (Å²) in [6, 6.07) is 11.1. The largest absolute Gasteiger partial charge is 0.496 e. The Bertz CT molecular complexity index is 1290. The predicted octanol–water partition coefficient (Wildman–Crippen LogP) is 5.62. The first-order valence-corrected chi connectivity index (χ1v) is 12.4. The van der Waals surface area contributed by atoms with Crippen molar-refractivity contribution in [3.05, 3.63) is 75.1 Å². The molecule has 1 aliphatic rings. The fourth-order valence-corrected chi connectivity index (χ4v) is 5.11. The summed E-state index contributed by atoms with van der Waals surface area (Å²) >= 11 is 3.56. The van der Waals surface area contributed by atoms with Crippen LogP contribution >= 0.6 is 15.9 Å². The number of nitrogens with two attached hydrogens (primary N) is 1. The second kappa shape index (κ2) is 11.1. The topological polar surface area (TPSA) is 104 Å². The van der Waals surface area contributed by atoms with Gasteiger partial charge in [-0.3, -0.25) is 9.78 Å². The van der Waals surface area contributed by atoms with E-state index < -0.39 is 17.7 Å². The molecule has 1 saturated carbocycles. The number of carbonyl (C=O) groups excluding carboxylic acids is 2. The number of methoxy groups -OCH3 is 2. The third-order valence-electron chi connectivity index (χ3n) is 6.42. The average Bonchev–Trinajstić information content (AvgIpc) is 3.43. The van der Waals surface area contributed by atoms with E-state index in [0.29, 0.717) is 21.4 Å². The van der Waals surface area contributed by atoms with Gasteiger partial charge >= 0.3 is 5.97 Å². The smallest absolute Gasteiger partial charge is 0.342 e. The second-order valence-electron chi connectivity index (χ2n) is 8.65. The lowest BCUT2D eigenvalue weighted by Crippen LogP contribution is -2.23. The molecule has 0 atom stereocenters. The van der Waals surface area contributed by atoms with Gasteiger partial charge in [-0.05, 0) is 52.5 Å². The quantitative estimate of drug-likeness (QED) is 0.367. The molecule has 7 nitrogen and oxygen atoms in total. The van der Waals surface area contributed by atoms with Crippen LogP contribution in [0.15, 0.2) is 46.9 Å². The van der Waals surface area contributed by atoms with Crippen molar-refractivity contribution in [1.82, 2.24) is 10.3 Å². The van der Waals surface area contributed by atoms with Crippen LogP contribution in [0.4, 0.5) is 10.1 Å². The Kier molecular flexibility index (Phi) is 7.88. The van der Waals surface area contributed by atoms with Crippen LogP contribution in [0.25, 0.3) is 11.3 Å². The van der Waals surface area contributed by atoms with Crippen molar-refractivity contribution in [1.29, 1.82) is 0 Å². The van der Waals surface area contributed by atoms with E-state index in [1.165, 1.54) is 26.4 Å². The molecule has 0 radical (unpaired) electrons. The number of amides is 1. The lowest BCUT2D eigenvalue weighted by molar-refractivity contribution is 0.0602. The fraction of sp³-hybridized carbons (Fsp3) is 0.296. The van der Waals surface area contributed by atoms with Gasteiger partial charge in [0.25, 0.3) is 5.91 Å². The van der Waals surface area contributed by atoms with Gasteiger partial charge in [-0.1, -0.05) is 37.1 Å². The van der Waals surface area contributed by atoms with Crippen molar-refractivity contribution in [3.8, 4) is 17.0 Å². The van der Waals surface area contributed by atoms with Crippen LogP contribution in [0.3, 0.4) is 0 Å². The zero-order chi connectivity index (χ0) is 25.8. The summed E-state index contributed by atoms with van der Waals surface area (Å²) in [6.45, 7) is 0.214. The molecular formula is C27H27BrFN3O4. The first-order valence-electron chi connectivity index (χ1n) is 11.6. The molecule has 0 bridgehead atoms. The maximum Gasteiger partial charge on any atom is 0.342 e. The number of rotatable bonds is 7. The highest BCUT2D eigenvalue weighted by molar-refractivity contribution is 9.10. The lowest BCUT2D eigenvalue weighted by atomic mass is 9.97. The number of pyridine rings is 1. The third-order valence-corrected chi connectivity index (χ3v) is 7.25. The van der Waals surface area contributed by atoms with E-state index in [2.05, 4.69) is 21.2 Å². The van der Waals surface area contributed by atoms with Gasteiger partial charge < -0.3 is 20.5 Å². The number of nitrogens with one attached hydrogen (secondary N) is 1. The highest BCUT2D eigenvalue weighted by Crippen LogP contribution is 2.42. The van der Waals surface area contributed by atoms with E-state index in [-0.39, 0.29) is 29.3 Å². The Balaban J connectivity index is 1.60. The van der Waals surface area contributed by atoms with Crippen LogP contribution in [0.2, 0.25) is 0 Å². The highest BCUT2D eigenvalue weighted by atomic mass is 79.9. The first kappa shape index (κ1) is 25.6. The highest BCUT2D eigenvalue weighted by Gasteiger charge is 2.28. The van der Waals surface area contributed by atoms with Gasteiger partial charge in [0.1, 0.15) is 17.1 Å². The molecule has 9 heteroatoms. The molecule has 4 rings (SSSR count). The molecule has 1 amide bonds. The number of carbonyl (C=O) groups is 2. The Labute approximate surface area is 217 Å². The number of halogens is 2. The molecule has 36 heavy (non-hydrogen) atoms. The number of aromatic nitrogens is 1. The maximum atomic E-state index is 13.6. The fourth-order valence-electron chi connectivity index (χ4n) is 4.50. The van der Waals surface area contributed by atoms with Crippen LogP contribution in [-0.4, -0.2) is 31.1 Å². The number of esters is 1. The number of anilines is 1. The number of benzene rings is 2. The van der Waals surface area contributed by atoms with Crippen LogP contribution in [0, 0.1) is 5.82 Å². The summed E-state index contributed by atoms with van der Waals surface area (Å²) in [7, 11) is 2.73. The molecule has 2 aromatic carbocycles. The maximum absolute atomic E-state index is 13.6. The summed E-state index contributed by atoms with van der Waals surface area (Å²) in [6.07, 6.45) is 4.32. The molecule has 1 fully saturated rings. The molecule has 1 heterocycles. The van der Waals surface area contributed by atoms with Crippen molar-refractivity contribution in [3.63, 3.8) is 0 Å². The summed E-state index contributed by atoms with van der Waals surface area (Å²) in [5, 5.41) is 2.78. The van der Waals surface area contributed by atoms with E-state index in [0.717, 1.165) is 43.0 Å². The zero-order valence-corrected chi connectivity index (χ0v) is 21.7. The van der Waals surface area contributed by atoms with Crippen molar-refractivity contribution in [2.75, 3.05) is 20.0 Å². The molecule has 1 aliphatic carbocycles. The van der Waals surface area contributed by atoms with Crippen LogP contribution < -0.4 is 15.8 Å². The normalized spacial score (nSPS) is 13.4. The van der Waals surface area contributed by atoms with E-state index in [1.54, 1.807) is 0 Å². The van der Waals surface area contributed by atoms with Crippen molar-refractivity contribution in [2.45, 2.75) is 38.1 Å². The number of ether oxygens (including phenoxy) is 2. The number of nitrogens with zero attached hydrogens (tertiary/aromatic N) is 1. The molecule has 0 aliphatic heterocycles. The van der Waals surface area contributed by atoms with Gasteiger partial charge in [-0.2, -0.15) is 0 Å². The minimum absolute atomic E-state index is 0.116. The number of nitrogen functional groups attached to an aromatic ring is 1. The van der Waals surface area contributed by atoms with Crippen LogP contribution in [0.5, 0.6) is 5.75 Å². The molecule has 1 aromatic heterocycles. The molecule has 3 N–H and O–H groups in total. The molecule has 0 unspecified atom stereocenters. The molecule has 0 spiro atoms. The van der Waals surface area contributed by atoms with Gasteiger partial charge in [-0.15, -0.1) is 0 Å². The van der Waals surface area contributed by atoms with Crippen LogP contribution in [0.1, 0.15) is 63.6 Å². The van der Waals surface area contributed by atoms with Gasteiger partial charge in [0.15, 0.2) is 0 Å². The average molecular weight is 556 g/mol. The third kappa shape index (κ3) is 5.21. The van der Waals surface area contributed by atoms with Crippen molar-refractivity contribution in [2.24, 2.45) is 0 Å². The Morgan fingerprint density at radius 1 is 1.14 bits per heavy atom. The van der Waals surface area contributed by atoms with Gasteiger partial charge in [-0.25, -0.2) is 9.18 Å². The van der Waals surface area contributed by atoms with E-state index in [1.807, 2.05) is 24.3 Å². The lowest BCUT2D eigenvalue weighted by Gasteiger charge is -2.18. The summed E-state index contributed by atoms with van der Waals surface area (Å²) < 4.78 is 24.4. The van der Waals surface area contributed by atoms with E-state index in [9.17, 15) is 14.0 Å². The summed E-state index contributed by atoms with van der Waals surface area (Å²) in [5.41, 5.74) is 9.87. The number of hydrogen-bond acceptors (Lipinski definition) is 6. The summed E-state index contributed by atoms with van der Waals surface area (Å²) in [4.78, 5) is 30.1. The minimum Gasteiger partial charge on any atom is -0.496 e. The van der Waals surface area contributed by atoms with Gasteiger partial charge in [0, 0.05) is 18.0 Å². The molecule has 188 valence electrons. The predicted molar refractivity (Wildman–Crippen MR) is 138 cm³/mol.